The van der Waals surface area contributed by atoms with Crippen LogP contribution in [0.2, 0.25) is 0 Å². The summed E-state index contributed by atoms with van der Waals surface area (Å²) < 4.78 is 0. The van der Waals surface area contributed by atoms with Gasteiger partial charge in [-0.2, -0.15) is 0 Å². The summed E-state index contributed by atoms with van der Waals surface area (Å²) in [5.41, 5.74) is 0. The largest absolute Gasteiger partial charge is 2.00 e. The van der Waals surface area contributed by atoms with Crippen LogP contribution in [-0.4, -0.2) is 45.7 Å². The first-order valence-corrected chi connectivity index (χ1v) is 3.99. The van der Waals surface area contributed by atoms with Crippen LogP contribution in [0, 0.1) is 0 Å². The number of aliphatic carboxylic acids is 4. The van der Waals surface area contributed by atoms with E-state index in [1.165, 1.54) is 0 Å². The van der Waals surface area contributed by atoms with E-state index >= 15 is 0 Å². The Morgan fingerprint density at radius 2 is 0.895 bits per heavy atom. The summed E-state index contributed by atoms with van der Waals surface area (Å²) in [4.78, 5) is 58.1. The van der Waals surface area contributed by atoms with E-state index in [2.05, 4.69) is 0 Å². The zero-order chi connectivity index (χ0) is 14.9. The third kappa shape index (κ3) is 15.9. The first-order chi connectivity index (χ1) is 8.07. The second-order valence-electron chi connectivity index (χ2n) is 2.55. The van der Waals surface area contributed by atoms with E-state index in [-0.39, 0.29) is 20.4 Å². The average molecular weight is 369 g/mol. The molecule has 0 aliphatic heterocycles. The Kier molecular flexibility index (Phi) is 12.8. The third-order valence-electron chi connectivity index (χ3n) is 1.09. The Bertz CT molecular complexity index is 360. The van der Waals surface area contributed by atoms with Crippen LogP contribution in [0.5, 0.6) is 0 Å². The van der Waals surface area contributed by atoms with Crippen molar-refractivity contribution in [1.29, 1.82) is 0 Å². The van der Waals surface area contributed by atoms with Gasteiger partial charge in [-0.1, -0.05) is 0 Å². The second kappa shape index (κ2) is 11.0. The quantitative estimate of drug-likeness (QED) is 0.263. The molecule has 0 rings (SSSR count). The predicted octanol–water partition coefficient (Wildman–Crippen LogP) is -4.44. The van der Waals surface area contributed by atoms with Gasteiger partial charge in [-0.3, -0.25) is 9.59 Å². The Balaban J connectivity index is -0.000000256. The van der Waals surface area contributed by atoms with Crippen molar-refractivity contribution < 1.29 is 69.6 Å². The number of Topliss-reactive ketones (excluding diaryl/α,β-unsaturated/α-hetero) is 2. The standard InChI is InChI=1S/2C4H4O5.Pd/c2*5-2(4(8)9)1-3(6)7;/h2*1H2,(H,6,7)(H,8,9);/q;;+2/p-2. The van der Waals surface area contributed by atoms with Crippen molar-refractivity contribution in [2.75, 3.05) is 0 Å². The third-order valence-corrected chi connectivity index (χ3v) is 1.09. The van der Waals surface area contributed by atoms with Crippen LogP contribution in [0.3, 0.4) is 0 Å². The van der Waals surface area contributed by atoms with E-state index in [0.717, 1.165) is 0 Å². The van der Waals surface area contributed by atoms with E-state index < -0.39 is 48.3 Å². The van der Waals surface area contributed by atoms with Gasteiger partial charge in [-0.15, -0.1) is 0 Å². The molecule has 0 aliphatic carbocycles. The summed E-state index contributed by atoms with van der Waals surface area (Å²) in [5.74, 6) is -9.59. The van der Waals surface area contributed by atoms with Gasteiger partial charge < -0.3 is 30.0 Å². The molecule has 0 spiro atoms. The van der Waals surface area contributed by atoms with E-state index in [4.69, 9.17) is 10.2 Å². The summed E-state index contributed by atoms with van der Waals surface area (Å²) in [6, 6.07) is 0. The summed E-state index contributed by atoms with van der Waals surface area (Å²) in [7, 11) is 0. The molecule has 0 fully saturated rings. The summed E-state index contributed by atoms with van der Waals surface area (Å²) in [6.45, 7) is 0. The number of hydrogen-bond donors (Lipinski definition) is 2. The van der Waals surface area contributed by atoms with E-state index in [1.807, 2.05) is 0 Å². The molecule has 10 nitrogen and oxygen atoms in total. The SMILES string of the molecule is O=C([O-])CC(=O)C(=O)O.O=C([O-])CC(=O)C(=O)O.[Pd+2]. The van der Waals surface area contributed by atoms with E-state index in [1.54, 1.807) is 0 Å². The monoisotopic (exact) mass is 368 g/mol. The Labute approximate surface area is 118 Å². The maximum atomic E-state index is 9.93. The smallest absolute Gasteiger partial charge is 0.550 e. The number of carboxylic acids is 4. The molecule has 0 aromatic heterocycles. The minimum absolute atomic E-state index is 0. The van der Waals surface area contributed by atoms with Gasteiger partial charge in [0.15, 0.2) is 0 Å². The summed E-state index contributed by atoms with van der Waals surface area (Å²) in [6.07, 6.45) is -2.12. The average Bonchev–Trinajstić information content (AvgIpc) is 2.16. The fourth-order valence-electron chi connectivity index (χ4n) is 0.413. The molecular formula is C8H6O10Pd. The van der Waals surface area contributed by atoms with Crippen molar-refractivity contribution in [3.05, 3.63) is 0 Å². The van der Waals surface area contributed by atoms with Gasteiger partial charge in [0.25, 0.3) is 0 Å². The van der Waals surface area contributed by atoms with Crippen LogP contribution in [0.1, 0.15) is 12.8 Å². The van der Waals surface area contributed by atoms with Gasteiger partial charge in [0.1, 0.15) is 0 Å². The van der Waals surface area contributed by atoms with Gasteiger partial charge in [-0.05, 0) is 0 Å². The van der Waals surface area contributed by atoms with Gasteiger partial charge in [0.05, 0.1) is 12.8 Å². The van der Waals surface area contributed by atoms with Crippen molar-refractivity contribution in [2.45, 2.75) is 12.8 Å². The predicted molar refractivity (Wildman–Crippen MR) is 44.5 cm³/mol. The molecule has 0 amide bonds. The molecule has 0 aromatic rings. The molecule has 19 heavy (non-hydrogen) atoms. The van der Waals surface area contributed by atoms with Gasteiger partial charge in [-0.25, -0.2) is 9.59 Å². The van der Waals surface area contributed by atoms with Crippen LogP contribution in [-0.2, 0) is 49.2 Å². The van der Waals surface area contributed by atoms with Gasteiger partial charge in [0, 0.05) is 11.9 Å². The van der Waals surface area contributed by atoms with Crippen LogP contribution >= 0.6 is 0 Å². The van der Waals surface area contributed by atoms with E-state index in [9.17, 15) is 39.0 Å². The Morgan fingerprint density at radius 1 is 0.684 bits per heavy atom. The zero-order valence-corrected chi connectivity index (χ0v) is 10.4. The molecular weight excluding hydrogens is 362 g/mol. The van der Waals surface area contributed by atoms with Crippen molar-refractivity contribution in [3.63, 3.8) is 0 Å². The molecule has 0 atom stereocenters. The number of ketones is 2. The van der Waals surface area contributed by atoms with Crippen LogP contribution in [0.15, 0.2) is 0 Å². The maximum Gasteiger partial charge on any atom is 2.00 e. The van der Waals surface area contributed by atoms with Crippen molar-refractivity contribution in [3.8, 4) is 0 Å². The van der Waals surface area contributed by atoms with Gasteiger partial charge in [0.2, 0.25) is 11.6 Å². The van der Waals surface area contributed by atoms with Gasteiger partial charge >= 0.3 is 32.4 Å². The normalized spacial score (nSPS) is 8.00. The Hall–Kier alpha value is -2.12. The van der Waals surface area contributed by atoms with E-state index in [0.29, 0.717) is 0 Å². The molecule has 0 aromatic carbocycles. The molecule has 2 N–H and O–H groups in total. The maximum absolute atomic E-state index is 9.93. The fraction of sp³-hybridized carbons (Fsp3) is 0.250. The number of carboxylic acid groups (broad SMARTS) is 4. The Morgan fingerprint density at radius 3 is 0.947 bits per heavy atom. The van der Waals surface area contributed by atoms with Crippen LogP contribution in [0.4, 0.5) is 0 Å². The molecule has 0 bridgehead atoms. The molecule has 0 aliphatic rings. The van der Waals surface area contributed by atoms with Crippen LogP contribution < -0.4 is 10.2 Å². The molecule has 0 unspecified atom stereocenters. The van der Waals surface area contributed by atoms with Crippen LogP contribution in [0.25, 0.3) is 0 Å². The molecule has 11 heteroatoms. The van der Waals surface area contributed by atoms with Crippen molar-refractivity contribution in [2.24, 2.45) is 0 Å². The summed E-state index contributed by atoms with van der Waals surface area (Å²) >= 11 is 0. The first kappa shape index (κ1) is 22.1. The molecule has 0 saturated heterocycles. The molecule has 0 heterocycles. The first-order valence-electron chi connectivity index (χ1n) is 3.99. The topological polar surface area (TPSA) is 189 Å². The summed E-state index contributed by atoms with van der Waals surface area (Å²) in [5, 5.41) is 34.6. The molecule has 108 valence electrons. The number of rotatable bonds is 6. The number of carbonyl (C=O) groups excluding carboxylic acids is 4. The number of carbonyl (C=O) groups is 6. The fourth-order valence-corrected chi connectivity index (χ4v) is 0.413. The van der Waals surface area contributed by atoms with Crippen molar-refractivity contribution in [1.82, 2.24) is 0 Å². The minimum Gasteiger partial charge on any atom is -0.550 e. The number of hydrogen-bond acceptors (Lipinski definition) is 8. The molecule has 0 radical (unpaired) electrons. The zero-order valence-electron chi connectivity index (χ0n) is 8.89. The second-order valence-corrected chi connectivity index (χ2v) is 2.55. The van der Waals surface area contributed by atoms with Crippen molar-refractivity contribution >= 4 is 35.4 Å². The minimum atomic E-state index is -1.75. The molecule has 0 saturated carbocycles.